The predicted octanol–water partition coefficient (Wildman–Crippen LogP) is 9.98. The lowest BCUT2D eigenvalue weighted by Crippen LogP contribution is -2.14. The first-order valence-electron chi connectivity index (χ1n) is 13.9. The van der Waals surface area contributed by atoms with E-state index in [-0.39, 0.29) is 33.6 Å². The first-order valence-corrected chi connectivity index (χ1v) is 17.6. The molecule has 0 saturated carbocycles. The Labute approximate surface area is 288 Å². The second kappa shape index (κ2) is 16.0. The Bertz CT molecular complexity index is 1530. The van der Waals surface area contributed by atoms with Gasteiger partial charge in [0.25, 0.3) is 0 Å². The second-order valence-corrected chi connectivity index (χ2v) is 15.9. The normalized spacial score (nSPS) is 11.7. The molecular formula is C32H43Br2N5OS3. The molecule has 3 aromatic heterocycles. The molecule has 0 N–H and O–H groups in total. The van der Waals surface area contributed by atoms with Gasteiger partial charge in [-0.25, -0.2) is 19.9 Å². The van der Waals surface area contributed by atoms with Crippen LogP contribution in [0, 0.1) is 13.8 Å². The van der Waals surface area contributed by atoms with Gasteiger partial charge < -0.3 is 4.90 Å². The Balaban J connectivity index is 0.000000388. The fourth-order valence-corrected chi connectivity index (χ4v) is 6.81. The molecule has 0 radical (unpaired) electrons. The highest BCUT2D eigenvalue weighted by Gasteiger charge is 2.20. The quantitative estimate of drug-likeness (QED) is 0.0773. The first-order chi connectivity index (χ1) is 19.6. The molecule has 0 aliphatic carbocycles. The lowest BCUT2D eigenvalue weighted by Gasteiger charge is -2.14. The minimum Gasteiger partial charge on any atom is -0.366 e. The maximum atomic E-state index is 11.3. The molecule has 43 heavy (non-hydrogen) atoms. The van der Waals surface area contributed by atoms with Crippen LogP contribution in [0.25, 0.3) is 10.7 Å². The predicted molar refractivity (Wildman–Crippen MR) is 196 cm³/mol. The van der Waals surface area contributed by atoms with Gasteiger partial charge in [0.2, 0.25) is 5.78 Å². The fraction of sp³-hybridized carbons (Fsp3) is 0.469. The summed E-state index contributed by atoms with van der Waals surface area (Å²) in [6.45, 7) is 20.3. The maximum Gasteiger partial charge on any atom is 0.201 e. The van der Waals surface area contributed by atoms with E-state index in [1.165, 1.54) is 32.9 Å². The van der Waals surface area contributed by atoms with Gasteiger partial charge in [-0.3, -0.25) is 4.79 Å². The summed E-state index contributed by atoms with van der Waals surface area (Å²) in [4.78, 5) is 34.0. The van der Waals surface area contributed by atoms with Gasteiger partial charge in [0.15, 0.2) is 5.01 Å². The lowest BCUT2D eigenvalue weighted by atomic mass is 9.96. The van der Waals surface area contributed by atoms with Crippen molar-refractivity contribution in [3.63, 3.8) is 0 Å². The second-order valence-electron chi connectivity index (χ2n) is 12.3. The van der Waals surface area contributed by atoms with Crippen molar-refractivity contribution < 1.29 is 4.79 Å². The van der Waals surface area contributed by atoms with Crippen molar-refractivity contribution in [1.82, 2.24) is 19.9 Å². The maximum absolute atomic E-state index is 11.3. The summed E-state index contributed by atoms with van der Waals surface area (Å²) in [6.07, 6.45) is 6.52. The topological polar surface area (TPSA) is 71.3 Å². The van der Waals surface area contributed by atoms with Crippen LogP contribution in [0.4, 0.5) is 5.69 Å². The lowest BCUT2D eigenvalue weighted by molar-refractivity contribution is 0.102. The smallest absolute Gasteiger partial charge is 0.201 e. The zero-order valence-corrected chi connectivity index (χ0v) is 32.5. The van der Waals surface area contributed by atoms with E-state index >= 15 is 0 Å². The molecule has 0 amide bonds. The highest BCUT2D eigenvalue weighted by molar-refractivity contribution is 9.09. The molecule has 0 atom stereocenters. The molecule has 4 aromatic rings. The Kier molecular flexibility index (Phi) is 13.9. The summed E-state index contributed by atoms with van der Waals surface area (Å²) < 4.78 is 0. The number of aromatic nitrogens is 3. The number of halogens is 2. The molecular weight excluding hydrogens is 726 g/mol. The van der Waals surface area contributed by atoms with Gasteiger partial charge in [0.05, 0.1) is 22.4 Å². The van der Waals surface area contributed by atoms with Gasteiger partial charge >= 0.3 is 0 Å². The standard InChI is InChI=1S/C23H30N4S2.C9H12BrNOS.BrH/c1-8-27(7)14-25-18-10-15(2)17(9-16(18)3)11-21-26-19(13-28-21)22-24-12-20(29-22)23(4,5)6;1-9(2,3)7-5-11-8(13-7)6(12)4-10;/h9-10,12-14H,8,11H2,1-7H3;5H,4H2,1-3H3;1H. The van der Waals surface area contributed by atoms with E-state index in [0.717, 1.165) is 39.2 Å². The third-order valence-corrected chi connectivity index (χ3v) is 10.8. The van der Waals surface area contributed by atoms with Crippen LogP contribution in [0.15, 0.2) is 34.9 Å². The number of benzene rings is 1. The zero-order chi connectivity index (χ0) is 31.2. The molecule has 234 valence electrons. The average Bonchev–Trinajstić information content (AvgIpc) is 3.69. The monoisotopic (exact) mass is 767 g/mol. The molecule has 11 heteroatoms. The van der Waals surface area contributed by atoms with Gasteiger partial charge in [-0.2, -0.15) is 0 Å². The van der Waals surface area contributed by atoms with Crippen LogP contribution in [0.3, 0.4) is 0 Å². The van der Waals surface area contributed by atoms with Crippen LogP contribution in [0.5, 0.6) is 0 Å². The number of thiazole rings is 3. The third-order valence-electron chi connectivity index (χ3n) is 6.51. The van der Waals surface area contributed by atoms with Crippen molar-refractivity contribution >= 4 is 84.7 Å². The number of hydrogen-bond donors (Lipinski definition) is 0. The van der Waals surface area contributed by atoms with E-state index in [9.17, 15) is 4.79 Å². The number of ketones is 1. The first kappa shape index (κ1) is 37.4. The Morgan fingerprint density at radius 3 is 2.19 bits per heavy atom. The van der Waals surface area contributed by atoms with Crippen LogP contribution in [0.1, 0.15) is 89.7 Å². The van der Waals surface area contributed by atoms with Gasteiger partial charge in [-0.15, -0.1) is 51.0 Å². The summed E-state index contributed by atoms with van der Waals surface area (Å²) in [6, 6.07) is 4.42. The van der Waals surface area contributed by atoms with E-state index < -0.39 is 0 Å². The Morgan fingerprint density at radius 2 is 1.63 bits per heavy atom. The largest absolute Gasteiger partial charge is 0.366 e. The van der Waals surface area contributed by atoms with Gasteiger partial charge in [0.1, 0.15) is 10.7 Å². The third kappa shape index (κ3) is 10.7. The van der Waals surface area contributed by atoms with Crippen LogP contribution in [-0.4, -0.2) is 50.9 Å². The summed E-state index contributed by atoms with van der Waals surface area (Å²) in [5.74, 6) is 0.0560. The van der Waals surface area contributed by atoms with Gasteiger partial charge in [0, 0.05) is 47.5 Å². The molecule has 0 spiro atoms. The number of Topliss-reactive ketones (excluding diaryl/α,β-unsaturated/α-hetero) is 1. The molecule has 4 rings (SSSR count). The number of rotatable bonds is 8. The summed E-state index contributed by atoms with van der Waals surface area (Å²) >= 11 is 8.06. The van der Waals surface area contributed by atoms with E-state index in [1.54, 1.807) is 28.9 Å². The van der Waals surface area contributed by atoms with Crippen LogP contribution in [-0.2, 0) is 17.3 Å². The van der Waals surface area contributed by atoms with E-state index in [1.807, 2.05) is 19.6 Å². The van der Waals surface area contributed by atoms with Gasteiger partial charge in [-0.05, 0) is 54.4 Å². The number of nitrogens with zero attached hydrogens (tertiary/aromatic N) is 5. The number of aliphatic imine (C=N–C) groups is 1. The molecule has 0 bridgehead atoms. The minimum atomic E-state index is 0. The molecule has 0 aliphatic heterocycles. The molecule has 1 aromatic carbocycles. The van der Waals surface area contributed by atoms with Crippen molar-refractivity contribution in [2.75, 3.05) is 18.9 Å². The van der Waals surface area contributed by atoms with Crippen molar-refractivity contribution in [3.05, 3.63) is 66.4 Å². The SMILES string of the molecule is Br.CC(C)(C)c1cnc(C(=O)CBr)s1.CCN(C)C=Nc1cc(C)c(Cc2nc(-c3ncc(C(C)(C)C)s3)cs2)cc1C. The van der Waals surface area contributed by atoms with E-state index in [0.29, 0.717) is 10.3 Å². The van der Waals surface area contributed by atoms with Crippen LogP contribution >= 0.6 is 66.9 Å². The molecule has 3 heterocycles. The summed E-state index contributed by atoms with van der Waals surface area (Å²) in [5, 5.41) is 5.21. The van der Waals surface area contributed by atoms with Crippen molar-refractivity contribution in [1.29, 1.82) is 0 Å². The number of aryl methyl sites for hydroxylation is 2. The highest BCUT2D eigenvalue weighted by atomic mass is 79.9. The average molecular weight is 770 g/mol. The Hall–Kier alpha value is -1.79. The van der Waals surface area contributed by atoms with E-state index in [4.69, 9.17) is 4.98 Å². The van der Waals surface area contributed by atoms with Crippen molar-refractivity contribution in [2.45, 2.75) is 79.6 Å². The van der Waals surface area contributed by atoms with Crippen molar-refractivity contribution in [3.8, 4) is 10.7 Å². The minimum absolute atomic E-state index is 0. The molecule has 0 fully saturated rings. The highest BCUT2D eigenvalue weighted by Crippen LogP contribution is 2.34. The summed E-state index contributed by atoms with van der Waals surface area (Å²) in [5.41, 5.74) is 5.98. The molecule has 0 aliphatic rings. The number of carbonyl (C=O) groups excluding carboxylic acids is 1. The van der Waals surface area contributed by atoms with Crippen LogP contribution < -0.4 is 0 Å². The number of hydrogen-bond acceptors (Lipinski definition) is 8. The summed E-state index contributed by atoms with van der Waals surface area (Å²) in [7, 11) is 2.03. The van der Waals surface area contributed by atoms with Gasteiger partial charge in [-0.1, -0.05) is 63.5 Å². The fourth-order valence-electron chi connectivity index (χ4n) is 3.63. The number of carbonyl (C=O) groups is 1. The molecule has 0 saturated heterocycles. The molecule has 0 unspecified atom stereocenters. The van der Waals surface area contributed by atoms with Crippen LogP contribution in [0.2, 0.25) is 0 Å². The zero-order valence-electron chi connectivity index (χ0n) is 26.7. The molecule has 6 nitrogen and oxygen atoms in total. The van der Waals surface area contributed by atoms with Crippen molar-refractivity contribution in [2.24, 2.45) is 4.99 Å². The van der Waals surface area contributed by atoms with E-state index in [2.05, 4.69) is 116 Å². The number of alkyl halides is 1. The Morgan fingerprint density at radius 1 is 1.00 bits per heavy atom.